The molecule has 1 aliphatic rings. The Bertz CT molecular complexity index is 1420. The SMILES string of the molecule is Cc1cnc(-c2cc(C(=O)N[C@H](C)c3cnc(C(F)(F)F)nc3)cc3ncc(N4CCCC4)nc23)s1. The minimum atomic E-state index is -4.63. The maximum absolute atomic E-state index is 13.2. The number of carbonyl (C=O) groups excluding carboxylic acids is 1. The third-order valence-corrected chi connectivity index (χ3v) is 6.90. The number of nitrogens with one attached hydrogen (secondary N) is 1. The number of rotatable bonds is 5. The molecule has 186 valence electrons. The van der Waals surface area contributed by atoms with Crippen molar-refractivity contribution in [3.05, 3.63) is 58.7 Å². The van der Waals surface area contributed by atoms with E-state index in [0.29, 0.717) is 27.7 Å². The van der Waals surface area contributed by atoms with Crippen molar-refractivity contribution in [3.63, 3.8) is 0 Å². The number of benzene rings is 1. The van der Waals surface area contributed by atoms with Gasteiger partial charge in [-0.15, -0.1) is 11.3 Å². The van der Waals surface area contributed by atoms with Crippen molar-refractivity contribution in [3.8, 4) is 10.6 Å². The summed E-state index contributed by atoms with van der Waals surface area (Å²) in [5, 5.41) is 3.53. The zero-order chi connectivity index (χ0) is 25.4. The summed E-state index contributed by atoms with van der Waals surface area (Å²) < 4.78 is 38.3. The normalized spacial score (nSPS) is 14.9. The molecular weight excluding hydrogens is 491 g/mol. The summed E-state index contributed by atoms with van der Waals surface area (Å²) in [5.41, 5.74) is 2.61. The van der Waals surface area contributed by atoms with E-state index >= 15 is 0 Å². The number of amides is 1. The van der Waals surface area contributed by atoms with Gasteiger partial charge in [-0.3, -0.25) is 9.78 Å². The molecule has 0 spiro atoms. The molecule has 1 saturated heterocycles. The molecule has 8 nitrogen and oxygen atoms in total. The Kier molecular flexibility index (Phi) is 6.29. The van der Waals surface area contributed by atoms with Crippen LogP contribution in [0, 0.1) is 6.92 Å². The van der Waals surface area contributed by atoms with Crippen LogP contribution in [-0.2, 0) is 6.18 Å². The molecule has 0 unspecified atom stereocenters. The van der Waals surface area contributed by atoms with Gasteiger partial charge >= 0.3 is 6.18 Å². The second-order valence-corrected chi connectivity index (χ2v) is 9.86. The number of aromatic nitrogens is 5. The fraction of sp³-hybridized carbons (Fsp3) is 0.333. The van der Waals surface area contributed by atoms with E-state index in [1.807, 2.05) is 6.92 Å². The second-order valence-electron chi connectivity index (χ2n) is 8.62. The Morgan fingerprint density at radius 3 is 2.42 bits per heavy atom. The van der Waals surface area contributed by atoms with Gasteiger partial charge in [0.2, 0.25) is 5.82 Å². The number of anilines is 1. The minimum Gasteiger partial charge on any atom is -0.355 e. The van der Waals surface area contributed by atoms with E-state index in [1.54, 1.807) is 31.5 Å². The van der Waals surface area contributed by atoms with Crippen molar-refractivity contribution in [1.29, 1.82) is 0 Å². The predicted molar refractivity (Wildman–Crippen MR) is 130 cm³/mol. The van der Waals surface area contributed by atoms with Crippen LogP contribution in [0.4, 0.5) is 19.0 Å². The van der Waals surface area contributed by atoms with Gasteiger partial charge in [-0.2, -0.15) is 13.2 Å². The van der Waals surface area contributed by atoms with Crippen LogP contribution in [0.5, 0.6) is 0 Å². The lowest BCUT2D eigenvalue weighted by atomic mass is 10.1. The van der Waals surface area contributed by atoms with Gasteiger partial charge in [0.05, 0.1) is 17.8 Å². The fourth-order valence-electron chi connectivity index (χ4n) is 4.05. The number of hydrogen-bond donors (Lipinski definition) is 1. The summed E-state index contributed by atoms with van der Waals surface area (Å²) >= 11 is 1.50. The van der Waals surface area contributed by atoms with Crippen molar-refractivity contribution in [2.24, 2.45) is 0 Å². The van der Waals surface area contributed by atoms with Gasteiger partial charge in [0.25, 0.3) is 5.91 Å². The maximum Gasteiger partial charge on any atom is 0.451 e. The zero-order valence-corrected chi connectivity index (χ0v) is 20.3. The van der Waals surface area contributed by atoms with Crippen LogP contribution < -0.4 is 10.2 Å². The molecule has 0 bridgehead atoms. The molecule has 1 aliphatic heterocycles. The summed E-state index contributed by atoms with van der Waals surface area (Å²) in [4.78, 5) is 37.1. The van der Waals surface area contributed by atoms with Crippen LogP contribution in [-0.4, -0.2) is 43.9 Å². The summed E-state index contributed by atoms with van der Waals surface area (Å²) in [6.07, 6.45) is 3.21. The summed E-state index contributed by atoms with van der Waals surface area (Å²) in [6, 6.07) is 2.77. The Labute approximate surface area is 208 Å². The van der Waals surface area contributed by atoms with E-state index in [0.717, 1.165) is 54.0 Å². The van der Waals surface area contributed by atoms with Crippen molar-refractivity contribution in [2.45, 2.75) is 38.9 Å². The highest BCUT2D eigenvalue weighted by atomic mass is 32.1. The first-order chi connectivity index (χ1) is 17.2. The number of hydrogen-bond acceptors (Lipinski definition) is 8. The van der Waals surface area contributed by atoms with E-state index in [1.165, 1.54) is 11.3 Å². The van der Waals surface area contributed by atoms with Gasteiger partial charge in [-0.1, -0.05) is 0 Å². The average molecular weight is 514 g/mol. The first kappa shape index (κ1) is 24.0. The highest BCUT2D eigenvalue weighted by Gasteiger charge is 2.34. The molecule has 36 heavy (non-hydrogen) atoms. The highest BCUT2D eigenvalue weighted by Crippen LogP contribution is 2.33. The van der Waals surface area contributed by atoms with Gasteiger partial charge in [-0.25, -0.2) is 19.9 Å². The van der Waals surface area contributed by atoms with Crippen LogP contribution in [0.3, 0.4) is 0 Å². The maximum atomic E-state index is 13.2. The lowest BCUT2D eigenvalue weighted by Gasteiger charge is -2.18. The molecule has 12 heteroatoms. The second kappa shape index (κ2) is 9.41. The lowest BCUT2D eigenvalue weighted by Crippen LogP contribution is -2.27. The van der Waals surface area contributed by atoms with Gasteiger partial charge in [-0.05, 0) is 38.8 Å². The molecule has 1 atom stereocenters. The number of nitrogens with zero attached hydrogens (tertiary/aromatic N) is 6. The van der Waals surface area contributed by atoms with E-state index in [4.69, 9.17) is 4.98 Å². The Balaban J connectivity index is 1.47. The highest BCUT2D eigenvalue weighted by molar-refractivity contribution is 7.15. The Morgan fingerprint density at radius 1 is 1.06 bits per heavy atom. The van der Waals surface area contributed by atoms with Crippen LogP contribution >= 0.6 is 11.3 Å². The molecule has 4 heterocycles. The third-order valence-electron chi connectivity index (χ3n) is 5.95. The van der Waals surface area contributed by atoms with Crippen LogP contribution in [0.15, 0.2) is 36.9 Å². The minimum absolute atomic E-state index is 0.341. The number of carbonyl (C=O) groups is 1. The average Bonchev–Trinajstić information content (AvgIpc) is 3.55. The molecule has 0 aliphatic carbocycles. The van der Waals surface area contributed by atoms with Crippen molar-refractivity contribution in [1.82, 2.24) is 30.2 Å². The molecule has 1 aromatic carbocycles. The van der Waals surface area contributed by atoms with Crippen molar-refractivity contribution >= 4 is 34.1 Å². The Morgan fingerprint density at radius 2 is 1.78 bits per heavy atom. The van der Waals surface area contributed by atoms with Gasteiger partial charge in [0.15, 0.2) is 0 Å². The van der Waals surface area contributed by atoms with E-state index in [-0.39, 0.29) is 0 Å². The molecule has 3 aromatic heterocycles. The molecule has 0 saturated carbocycles. The first-order valence-corrected chi connectivity index (χ1v) is 12.2. The van der Waals surface area contributed by atoms with Gasteiger partial charge in [0.1, 0.15) is 16.3 Å². The zero-order valence-electron chi connectivity index (χ0n) is 19.5. The smallest absolute Gasteiger partial charge is 0.355 e. The van der Waals surface area contributed by atoms with Crippen molar-refractivity contribution in [2.75, 3.05) is 18.0 Å². The summed E-state index contributed by atoms with van der Waals surface area (Å²) in [7, 11) is 0. The summed E-state index contributed by atoms with van der Waals surface area (Å²) in [6.45, 7) is 5.46. The van der Waals surface area contributed by atoms with Gasteiger partial charge in [0, 0.05) is 53.2 Å². The van der Waals surface area contributed by atoms with E-state index < -0.39 is 23.9 Å². The molecule has 0 radical (unpaired) electrons. The van der Waals surface area contributed by atoms with E-state index in [2.05, 4.69) is 30.2 Å². The van der Waals surface area contributed by atoms with Crippen LogP contribution in [0.2, 0.25) is 0 Å². The molecule has 1 N–H and O–H groups in total. The van der Waals surface area contributed by atoms with Crippen molar-refractivity contribution < 1.29 is 18.0 Å². The predicted octanol–water partition coefficient (Wildman–Crippen LogP) is 4.96. The molecule has 4 aromatic rings. The van der Waals surface area contributed by atoms with Gasteiger partial charge < -0.3 is 10.2 Å². The summed E-state index contributed by atoms with van der Waals surface area (Å²) in [5.74, 6) is -0.846. The molecular formula is C24H22F3N7OS. The topological polar surface area (TPSA) is 96.8 Å². The number of halogens is 3. The first-order valence-electron chi connectivity index (χ1n) is 11.4. The number of thiazole rings is 1. The standard InChI is InChI=1S/C24H22F3N7OS/c1-13-9-29-22(36-13)17-7-15(8-18-20(17)33-19(12-28-18)34-5-3-4-6-34)21(35)32-14(2)16-10-30-23(31-11-16)24(25,26)27/h7-12,14H,3-6H2,1-2H3,(H,32,35)/t14-/m1/s1. The Hall–Kier alpha value is -3.67. The van der Waals surface area contributed by atoms with Crippen LogP contribution in [0.1, 0.15) is 52.4 Å². The molecule has 1 fully saturated rings. The largest absolute Gasteiger partial charge is 0.451 e. The lowest BCUT2D eigenvalue weighted by molar-refractivity contribution is -0.145. The fourth-order valence-corrected chi connectivity index (χ4v) is 4.83. The monoisotopic (exact) mass is 513 g/mol. The number of aryl methyl sites for hydroxylation is 1. The number of alkyl halides is 3. The third kappa shape index (κ3) is 4.85. The number of fused-ring (bicyclic) bond motifs is 1. The quantitative estimate of drug-likeness (QED) is 0.403. The van der Waals surface area contributed by atoms with Crippen LogP contribution in [0.25, 0.3) is 21.6 Å². The molecule has 5 rings (SSSR count). The molecule has 1 amide bonds. The van der Waals surface area contributed by atoms with E-state index in [9.17, 15) is 18.0 Å².